The maximum atomic E-state index is 13.5. The van der Waals surface area contributed by atoms with E-state index in [-0.39, 0.29) is 17.4 Å². The van der Waals surface area contributed by atoms with Crippen LogP contribution in [0.25, 0.3) is 0 Å². The van der Waals surface area contributed by atoms with Gasteiger partial charge in [0.1, 0.15) is 5.82 Å². The van der Waals surface area contributed by atoms with Gasteiger partial charge in [-0.2, -0.15) is 0 Å². The number of hydrogen-bond acceptors (Lipinski definition) is 2. The van der Waals surface area contributed by atoms with Crippen LogP contribution in [0.1, 0.15) is 36.0 Å². The van der Waals surface area contributed by atoms with Gasteiger partial charge in [0.15, 0.2) is 0 Å². The Hall–Kier alpha value is -1.91. The Morgan fingerprint density at radius 1 is 1.20 bits per heavy atom. The first-order valence-electron chi connectivity index (χ1n) is 6.91. The van der Waals surface area contributed by atoms with Gasteiger partial charge >= 0.3 is 5.97 Å². The number of benzene rings is 1. The fourth-order valence-electron chi connectivity index (χ4n) is 3.37. The summed E-state index contributed by atoms with van der Waals surface area (Å²) < 4.78 is 13.5. The molecule has 2 aliphatic carbocycles. The Kier molecular flexibility index (Phi) is 3.20. The maximum absolute atomic E-state index is 13.5. The number of amides is 1. The summed E-state index contributed by atoms with van der Waals surface area (Å²) in [6.45, 7) is 0. The number of carbonyl (C=O) groups is 2. The van der Waals surface area contributed by atoms with Crippen molar-refractivity contribution in [2.75, 3.05) is 5.32 Å². The van der Waals surface area contributed by atoms with E-state index in [1.54, 1.807) is 0 Å². The number of carbonyl (C=O) groups excluding carboxylic acids is 1. The van der Waals surface area contributed by atoms with Crippen LogP contribution in [-0.4, -0.2) is 17.0 Å². The molecule has 2 aliphatic rings. The zero-order chi connectivity index (χ0) is 14.3. The SMILES string of the molecule is O=C(O)c1ccc(NC(=O)C2C3CCCCC32)cc1F. The van der Waals surface area contributed by atoms with Crippen molar-refractivity contribution in [3.8, 4) is 0 Å². The summed E-state index contributed by atoms with van der Waals surface area (Å²) >= 11 is 0. The van der Waals surface area contributed by atoms with Gasteiger partial charge in [-0.15, -0.1) is 0 Å². The van der Waals surface area contributed by atoms with Gasteiger partial charge in [0.25, 0.3) is 0 Å². The average molecular weight is 277 g/mol. The fraction of sp³-hybridized carbons (Fsp3) is 0.467. The average Bonchev–Trinajstić information content (AvgIpc) is 3.12. The number of halogens is 1. The highest BCUT2D eigenvalue weighted by molar-refractivity contribution is 5.95. The summed E-state index contributed by atoms with van der Waals surface area (Å²) in [6.07, 6.45) is 4.59. The predicted molar refractivity (Wildman–Crippen MR) is 70.9 cm³/mol. The van der Waals surface area contributed by atoms with Crippen LogP contribution >= 0.6 is 0 Å². The van der Waals surface area contributed by atoms with Gasteiger partial charge in [0.05, 0.1) is 5.56 Å². The van der Waals surface area contributed by atoms with Crippen molar-refractivity contribution in [1.82, 2.24) is 0 Å². The molecule has 2 N–H and O–H groups in total. The van der Waals surface area contributed by atoms with Crippen LogP contribution in [0.15, 0.2) is 18.2 Å². The second-order valence-corrected chi connectivity index (χ2v) is 5.63. The van der Waals surface area contributed by atoms with E-state index >= 15 is 0 Å². The first kappa shape index (κ1) is 13.1. The topological polar surface area (TPSA) is 66.4 Å². The third kappa shape index (κ3) is 2.28. The van der Waals surface area contributed by atoms with E-state index in [4.69, 9.17) is 5.11 Å². The number of carboxylic acid groups (broad SMARTS) is 1. The Bertz CT molecular complexity index is 560. The summed E-state index contributed by atoms with van der Waals surface area (Å²) in [5.41, 5.74) is -0.0655. The van der Waals surface area contributed by atoms with Crippen molar-refractivity contribution < 1.29 is 19.1 Å². The Morgan fingerprint density at radius 3 is 2.40 bits per heavy atom. The molecular weight excluding hydrogens is 261 g/mol. The molecule has 5 heteroatoms. The quantitative estimate of drug-likeness (QED) is 0.892. The molecule has 2 saturated carbocycles. The van der Waals surface area contributed by atoms with E-state index in [1.165, 1.54) is 25.0 Å². The van der Waals surface area contributed by atoms with Crippen molar-refractivity contribution in [3.05, 3.63) is 29.6 Å². The molecule has 0 spiro atoms. The molecule has 1 aromatic carbocycles. The molecule has 2 unspecified atom stereocenters. The number of nitrogens with one attached hydrogen (secondary N) is 1. The number of hydrogen-bond donors (Lipinski definition) is 2. The number of carboxylic acids is 1. The molecule has 20 heavy (non-hydrogen) atoms. The standard InChI is InChI=1S/C15H16FNO3/c16-12-7-8(5-6-11(12)15(19)20)17-14(18)13-9-3-1-2-4-10(9)13/h5-7,9-10,13H,1-4H2,(H,17,18)(H,19,20). The van der Waals surface area contributed by atoms with Gasteiger partial charge < -0.3 is 10.4 Å². The Labute approximate surface area is 116 Å². The molecule has 0 bridgehead atoms. The maximum Gasteiger partial charge on any atom is 0.338 e. The van der Waals surface area contributed by atoms with Crippen molar-refractivity contribution in [1.29, 1.82) is 0 Å². The van der Waals surface area contributed by atoms with Crippen LogP contribution in [0.3, 0.4) is 0 Å². The van der Waals surface area contributed by atoms with Gasteiger partial charge in [0, 0.05) is 11.6 Å². The monoisotopic (exact) mass is 277 g/mol. The van der Waals surface area contributed by atoms with E-state index in [0.717, 1.165) is 18.9 Å². The summed E-state index contributed by atoms with van der Waals surface area (Å²) in [5.74, 6) is -1.17. The first-order valence-corrected chi connectivity index (χ1v) is 6.91. The minimum absolute atomic E-state index is 0.0553. The van der Waals surface area contributed by atoms with Crippen LogP contribution < -0.4 is 5.32 Å². The van der Waals surface area contributed by atoms with Gasteiger partial charge in [-0.1, -0.05) is 12.8 Å². The lowest BCUT2D eigenvalue weighted by Crippen LogP contribution is -2.16. The minimum atomic E-state index is -1.31. The third-order valence-electron chi connectivity index (χ3n) is 4.43. The van der Waals surface area contributed by atoms with Crippen molar-refractivity contribution >= 4 is 17.6 Å². The lowest BCUT2D eigenvalue weighted by molar-refractivity contribution is -0.117. The molecule has 106 valence electrons. The molecule has 0 aliphatic heterocycles. The molecule has 2 atom stereocenters. The lowest BCUT2D eigenvalue weighted by atomic mass is 10.0. The van der Waals surface area contributed by atoms with E-state index in [1.807, 2.05) is 0 Å². The molecule has 4 nitrogen and oxygen atoms in total. The van der Waals surface area contributed by atoms with Gasteiger partial charge in [-0.05, 0) is 42.9 Å². The zero-order valence-corrected chi connectivity index (χ0v) is 10.9. The Balaban J connectivity index is 1.68. The first-order chi connectivity index (χ1) is 9.58. The molecule has 2 fully saturated rings. The van der Waals surface area contributed by atoms with Gasteiger partial charge in [-0.25, -0.2) is 9.18 Å². The van der Waals surface area contributed by atoms with Crippen LogP contribution in [0.5, 0.6) is 0 Å². The second-order valence-electron chi connectivity index (χ2n) is 5.63. The third-order valence-corrected chi connectivity index (χ3v) is 4.43. The highest BCUT2D eigenvalue weighted by atomic mass is 19.1. The molecule has 1 aromatic rings. The number of fused-ring (bicyclic) bond motifs is 1. The molecular formula is C15H16FNO3. The molecule has 1 amide bonds. The minimum Gasteiger partial charge on any atom is -0.478 e. The van der Waals surface area contributed by atoms with Crippen molar-refractivity contribution in [3.63, 3.8) is 0 Å². The summed E-state index contributed by atoms with van der Waals surface area (Å²) in [4.78, 5) is 22.8. The molecule has 3 rings (SSSR count). The van der Waals surface area contributed by atoms with E-state index in [2.05, 4.69) is 5.32 Å². The molecule has 0 radical (unpaired) electrons. The zero-order valence-electron chi connectivity index (χ0n) is 10.9. The second kappa shape index (κ2) is 4.89. The normalized spacial score (nSPS) is 27.6. The molecule has 0 aromatic heterocycles. The van der Waals surface area contributed by atoms with Crippen molar-refractivity contribution in [2.45, 2.75) is 25.7 Å². The van der Waals surface area contributed by atoms with Crippen LogP contribution in [0.4, 0.5) is 10.1 Å². The van der Waals surface area contributed by atoms with Gasteiger partial charge in [-0.3, -0.25) is 4.79 Å². The molecule has 0 saturated heterocycles. The van der Waals surface area contributed by atoms with E-state index < -0.39 is 11.8 Å². The predicted octanol–water partition coefficient (Wildman–Crippen LogP) is 2.90. The highest BCUT2D eigenvalue weighted by Gasteiger charge is 2.54. The lowest BCUT2D eigenvalue weighted by Gasteiger charge is -2.06. The van der Waals surface area contributed by atoms with Crippen LogP contribution in [0, 0.1) is 23.6 Å². The summed E-state index contributed by atoms with van der Waals surface area (Å²) in [6, 6.07) is 3.66. The Morgan fingerprint density at radius 2 is 1.85 bits per heavy atom. The van der Waals surface area contributed by atoms with E-state index in [9.17, 15) is 14.0 Å². The van der Waals surface area contributed by atoms with Crippen LogP contribution in [0.2, 0.25) is 0 Å². The van der Waals surface area contributed by atoms with Crippen molar-refractivity contribution in [2.24, 2.45) is 17.8 Å². The number of anilines is 1. The largest absolute Gasteiger partial charge is 0.478 e. The number of aromatic carboxylic acids is 1. The summed E-state index contributed by atoms with van der Waals surface area (Å²) in [5, 5.41) is 11.4. The van der Waals surface area contributed by atoms with Gasteiger partial charge in [0.2, 0.25) is 5.91 Å². The summed E-state index contributed by atoms with van der Waals surface area (Å²) in [7, 11) is 0. The van der Waals surface area contributed by atoms with E-state index in [0.29, 0.717) is 17.5 Å². The smallest absolute Gasteiger partial charge is 0.338 e. The number of rotatable bonds is 3. The van der Waals surface area contributed by atoms with Crippen LogP contribution in [-0.2, 0) is 4.79 Å². The highest BCUT2D eigenvalue weighted by Crippen LogP contribution is 2.55. The molecule has 0 heterocycles. The fourth-order valence-corrected chi connectivity index (χ4v) is 3.37.